The van der Waals surface area contributed by atoms with E-state index in [0.717, 1.165) is 28.1 Å². The third-order valence-electron chi connectivity index (χ3n) is 3.25. The lowest BCUT2D eigenvalue weighted by Gasteiger charge is -2.11. The molecule has 1 aromatic carbocycles. The van der Waals surface area contributed by atoms with Crippen LogP contribution in [0.1, 0.15) is 36.8 Å². The smallest absolute Gasteiger partial charge is 0.103 e. The zero-order chi connectivity index (χ0) is 14.0. The Morgan fingerprint density at radius 2 is 2.11 bits per heavy atom. The summed E-state index contributed by atoms with van der Waals surface area (Å²) in [6.45, 7) is 9.24. The van der Waals surface area contributed by atoms with Gasteiger partial charge in [0.25, 0.3) is 0 Å². The first-order chi connectivity index (χ1) is 9.06. The third-order valence-corrected chi connectivity index (χ3v) is 4.28. The molecule has 0 spiro atoms. The minimum atomic E-state index is 0.210. The van der Waals surface area contributed by atoms with E-state index in [0.29, 0.717) is 0 Å². The van der Waals surface area contributed by atoms with E-state index in [2.05, 4.69) is 65.3 Å². The molecule has 19 heavy (non-hydrogen) atoms. The lowest BCUT2D eigenvalue weighted by molar-refractivity contribution is 0.579. The van der Waals surface area contributed by atoms with Gasteiger partial charge in [-0.1, -0.05) is 24.3 Å². The third kappa shape index (κ3) is 2.72. The highest BCUT2D eigenvalue weighted by atomic mass is 79.9. The molecule has 0 fully saturated rings. The summed E-state index contributed by atoms with van der Waals surface area (Å²) in [6.07, 6.45) is 0. The van der Waals surface area contributed by atoms with Gasteiger partial charge in [-0.15, -0.1) is 5.10 Å². The molecule has 0 bridgehead atoms. The van der Waals surface area contributed by atoms with E-state index in [9.17, 15) is 0 Å². The van der Waals surface area contributed by atoms with Gasteiger partial charge in [0.2, 0.25) is 0 Å². The fourth-order valence-corrected chi connectivity index (χ4v) is 2.60. The highest BCUT2D eigenvalue weighted by molar-refractivity contribution is 9.10. The number of nitrogens with one attached hydrogen (secondary N) is 1. The molecule has 1 N–H and O–H groups in total. The molecular weight excluding hydrogens is 304 g/mol. The van der Waals surface area contributed by atoms with Crippen molar-refractivity contribution in [3.05, 3.63) is 39.6 Å². The molecule has 0 aliphatic carbocycles. The van der Waals surface area contributed by atoms with Crippen molar-refractivity contribution in [3.63, 3.8) is 0 Å². The maximum Gasteiger partial charge on any atom is 0.103 e. The standard InChI is InChI=1S/C14H19BrN4/c1-5-16-10(3)14-11(4)19(18-17-14)12-8-6-7-9(2)13(12)15/h6-8,10,16H,5H2,1-4H3. The topological polar surface area (TPSA) is 42.7 Å². The maximum absolute atomic E-state index is 4.31. The van der Waals surface area contributed by atoms with Gasteiger partial charge in [-0.05, 0) is 54.9 Å². The van der Waals surface area contributed by atoms with Gasteiger partial charge in [-0.25, -0.2) is 4.68 Å². The molecule has 0 aliphatic rings. The summed E-state index contributed by atoms with van der Waals surface area (Å²) in [4.78, 5) is 0. The number of halogens is 1. The van der Waals surface area contributed by atoms with Crippen LogP contribution in [0.2, 0.25) is 0 Å². The summed E-state index contributed by atoms with van der Waals surface area (Å²) >= 11 is 3.62. The molecule has 1 heterocycles. The van der Waals surface area contributed by atoms with Crippen LogP contribution in [-0.4, -0.2) is 21.5 Å². The van der Waals surface area contributed by atoms with Crippen LogP contribution in [-0.2, 0) is 0 Å². The molecule has 1 unspecified atom stereocenters. The molecule has 2 aromatic rings. The largest absolute Gasteiger partial charge is 0.309 e. The average molecular weight is 323 g/mol. The van der Waals surface area contributed by atoms with Gasteiger partial charge in [0.15, 0.2) is 0 Å². The zero-order valence-corrected chi connectivity index (χ0v) is 13.3. The number of aryl methyl sites for hydroxylation is 1. The molecule has 0 aliphatic heterocycles. The molecule has 5 heteroatoms. The van der Waals surface area contributed by atoms with Crippen LogP contribution in [0, 0.1) is 13.8 Å². The summed E-state index contributed by atoms with van der Waals surface area (Å²) in [7, 11) is 0. The fraction of sp³-hybridized carbons (Fsp3) is 0.429. The Labute approximate surface area is 122 Å². The first kappa shape index (κ1) is 14.2. The van der Waals surface area contributed by atoms with E-state index >= 15 is 0 Å². The minimum Gasteiger partial charge on any atom is -0.309 e. The molecule has 0 radical (unpaired) electrons. The summed E-state index contributed by atoms with van der Waals surface area (Å²) in [5.41, 5.74) is 4.28. The summed E-state index contributed by atoms with van der Waals surface area (Å²) in [5.74, 6) is 0. The molecule has 0 amide bonds. The first-order valence-corrected chi connectivity index (χ1v) is 7.26. The van der Waals surface area contributed by atoms with Crippen LogP contribution in [0.25, 0.3) is 5.69 Å². The van der Waals surface area contributed by atoms with Gasteiger partial charge < -0.3 is 5.32 Å². The van der Waals surface area contributed by atoms with Crippen molar-refractivity contribution >= 4 is 15.9 Å². The van der Waals surface area contributed by atoms with E-state index in [1.807, 2.05) is 16.8 Å². The van der Waals surface area contributed by atoms with E-state index in [1.54, 1.807) is 0 Å². The van der Waals surface area contributed by atoms with Gasteiger partial charge in [0.1, 0.15) is 5.69 Å². The average Bonchev–Trinajstić information content (AvgIpc) is 2.75. The molecule has 1 atom stereocenters. The van der Waals surface area contributed by atoms with Crippen LogP contribution in [0.15, 0.2) is 22.7 Å². The Morgan fingerprint density at radius 1 is 1.37 bits per heavy atom. The Balaban J connectivity index is 2.44. The van der Waals surface area contributed by atoms with Crippen LogP contribution in [0.4, 0.5) is 0 Å². The lowest BCUT2D eigenvalue weighted by atomic mass is 10.2. The van der Waals surface area contributed by atoms with Crippen LogP contribution >= 0.6 is 15.9 Å². The summed E-state index contributed by atoms with van der Waals surface area (Å²) in [5, 5.41) is 12.0. The Hall–Kier alpha value is -1.20. The van der Waals surface area contributed by atoms with Crippen molar-refractivity contribution in [2.45, 2.75) is 33.7 Å². The number of nitrogens with zero attached hydrogens (tertiary/aromatic N) is 3. The summed E-state index contributed by atoms with van der Waals surface area (Å²) < 4.78 is 2.95. The quantitative estimate of drug-likeness (QED) is 0.939. The van der Waals surface area contributed by atoms with E-state index in [1.165, 1.54) is 5.56 Å². The second-order valence-corrected chi connectivity index (χ2v) is 5.45. The molecule has 0 saturated carbocycles. The molecule has 0 saturated heterocycles. The Kier molecular flexibility index (Phi) is 4.37. The number of aromatic nitrogens is 3. The van der Waals surface area contributed by atoms with Gasteiger partial charge >= 0.3 is 0 Å². The van der Waals surface area contributed by atoms with Crippen molar-refractivity contribution in [3.8, 4) is 5.69 Å². The Morgan fingerprint density at radius 3 is 2.79 bits per heavy atom. The number of hydrogen-bond donors (Lipinski definition) is 1. The molecule has 2 rings (SSSR count). The van der Waals surface area contributed by atoms with E-state index < -0.39 is 0 Å². The van der Waals surface area contributed by atoms with Crippen LogP contribution in [0.5, 0.6) is 0 Å². The maximum atomic E-state index is 4.31. The van der Waals surface area contributed by atoms with Gasteiger partial charge in [-0.3, -0.25) is 0 Å². The SMILES string of the molecule is CCNC(C)c1nnn(-c2cccc(C)c2Br)c1C. The number of benzene rings is 1. The van der Waals surface area contributed by atoms with Crippen molar-refractivity contribution in [1.29, 1.82) is 0 Å². The number of hydrogen-bond acceptors (Lipinski definition) is 3. The molecule has 102 valence electrons. The van der Waals surface area contributed by atoms with Gasteiger partial charge in [0.05, 0.1) is 17.4 Å². The molecule has 1 aromatic heterocycles. The second-order valence-electron chi connectivity index (χ2n) is 4.66. The highest BCUT2D eigenvalue weighted by Gasteiger charge is 2.16. The molecule has 4 nitrogen and oxygen atoms in total. The van der Waals surface area contributed by atoms with Gasteiger partial charge in [-0.2, -0.15) is 0 Å². The predicted molar refractivity (Wildman–Crippen MR) is 80.6 cm³/mol. The normalized spacial score (nSPS) is 12.7. The van der Waals surface area contributed by atoms with Crippen LogP contribution < -0.4 is 5.32 Å². The van der Waals surface area contributed by atoms with E-state index in [-0.39, 0.29) is 6.04 Å². The van der Waals surface area contributed by atoms with Crippen molar-refractivity contribution in [2.75, 3.05) is 6.54 Å². The Bertz CT molecular complexity index is 577. The summed E-state index contributed by atoms with van der Waals surface area (Å²) in [6, 6.07) is 6.36. The zero-order valence-electron chi connectivity index (χ0n) is 11.7. The fourth-order valence-electron chi connectivity index (χ4n) is 2.17. The van der Waals surface area contributed by atoms with E-state index in [4.69, 9.17) is 0 Å². The molecular formula is C14H19BrN4. The van der Waals surface area contributed by atoms with Crippen molar-refractivity contribution < 1.29 is 0 Å². The lowest BCUT2D eigenvalue weighted by Crippen LogP contribution is -2.19. The minimum absolute atomic E-state index is 0.210. The predicted octanol–water partition coefficient (Wildman–Crippen LogP) is 3.32. The highest BCUT2D eigenvalue weighted by Crippen LogP contribution is 2.26. The van der Waals surface area contributed by atoms with Crippen molar-refractivity contribution in [2.24, 2.45) is 0 Å². The monoisotopic (exact) mass is 322 g/mol. The van der Waals surface area contributed by atoms with Crippen molar-refractivity contribution in [1.82, 2.24) is 20.3 Å². The second kappa shape index (κ2) is 5.84. The number of rotatable bonds is 4. The first-order valence-electron chi connectivity index (χ1n) is 6.47. The van der Waals surface area contributed by atoms with Gasteiger partial charge in [0, 0.05) is 4.47 Å². The van der Waals surface area contributed by atoms with Crippen LogP contribution in [0.3, 0.4) is 0 Å².